The van der Waals surface area contributed by atoms with Crippen molar-refractivity contribution in [3.63, 3.8) is 0 Å². The van der Waals surface area contributed by atoms with Crippen molar-refractivity contribution in [2.45, 2.75) is 96.3 Å². The molecule has 0 unspecified atom stereocenters. The van der Waals surface area contributed by atoms with E-state index in [4.69, 9.17) is 0 Å². The first-order chi connectivity index (χ1) is 14.3. The molecule has 1 aromatic carbocycles. The summed E-state index contributed by atoms with van der Waals surface area (Å²) in [7, 11) is 0. The van der Waals surface area contributed by atoms with Gasteiger partial charge in [0.2, 0.25) is 5.75 Å². The average Bonchev–Trinajstić information content (AvgIpc) is 3.20. The van der Waals surface area contributed by atoms with Gasteiger partial charge in [-0.15, -0.1) is 13.2 Å². The minimum absolute atomic E-state index is 0.383. The zero-order valence-corrected chi connectivity index (χ0v) is 17.6. The van der Waals surface area contributed by atoms with Crippen molar-refractivity contribution in [2.75, 3.05) is 0 Å². The number of benzene rings is 1. The minimum atomic E-state index is -5.11. The Morgan fingerprint density at radius 3 is 1.70 bits per heavy atom. The van der Waals surface area contributed by atoms with E-state index in [0.29, 0.717) is 17.9 Å². The van der Waals surface area contributed by atoms with Crippen LogP contribution in [0.4, 0.5) is 22.0 Å². The van der Waals surface area contributed by atoms with Gasteiger partial charge in [0, 0.05) is 0 Å². The summed E-state index contributed by atoms with van der Waals surface area (Å²) in [4.78, 5) is 0. The molecular weight excluding hydrogens is 399 g/mol. The Bertz CT molecular complexity index is 635. The highest BCUT2D eigenvalue weighted by atomic mass is 19.4. The van der Waals surface area contributed by atoms with E-state index in [-0.39, 0.29) is 0 Å². The van der Waals surface area contributed by atoms with Crippen LogP contribution in [-0.4, -0.2) is 6.36 Å². The lowest BCUT2D eigenvalue weighted by Gasteiger charge is -2.28. The average molecular weight is 433 g/mol. The molecule has 2 aliphatic rings. The summed E-state index contributed by atoms with van der Waals surface area (Å²) in [6.45, 7) is 0. The monoisotopic (exact) mass is 432 g/mol. The van der Waals surface area contributed by atoms with Crippen LogP contribution in [0.25, 0.3) is 0 Å². The third kappa shape index (κ3) is 7.42. The van der Waals surface area contributed by atoms with Crippen LogP contribution in [-0.2, 0) is 6.42 Å². The third-order valence-corrected chi connectivity index (χ3v) is 7.03. The SMILES string of the molecule is Fc1cc(CCC2CCC(CCCCC3CCCC3)CC2)cc(F)c1OC(F)(F)F. The number of aryl methyl sites for hydroxylation is 1. The van der Waals surface area contributed by atoms with Crippen molar-refractivity contribution in [2.24, 2.45) is 17.8 Å². The van der Waals surface area contributed by atoms with Crippen LogP contribution in [0.5, 0.6) is 5.75 Å². The molecule has 1 aromatic rings. The maximum atomic E-state index is 13.8. The predicted molar refractivity (Wildman–Crippen MR) is 107 cm³/mol. The minimum Gasteiger partial charge on any atom is -0.399 e. The number of halogens is 5. The zero-order valence-electron chi connectivity index (χ0n) is 17.6. The predicted octanol–water partition coefficient (Wildman–Crippen LogP) is 8.35. The summed E-state index contributed by atoms with van der Waals surface area (Å²) in [5.41, 5.74) is 0.383. The number of hydrogen-bond acceptors (Lipinski definition) is 1. The Morgan fingerprint density at radius 2 is 1.20 bits per heavy atom. The van der Waals surface area contributed by atoms with Gasteiger partial charge in [-0.2, -0.15) is 0 Å². The summed E-state index contributed by atoms with van der Waals surface area (Å²) < 4.78 is 67.8. The van der Waals surface area contributed by atoms with Gasteiger partial charge >= 0.3 is 6.36 Å². The van der Waals surface area contributed by atoms with Crippen LogP contribution >= 0.6 is 0 Å². The quantitative estimate of drug-likeness (QED) is 0.281. The van der Waals surface area contributed by atoms with Gasteiger partial charge in [-0.05, 0) is 48.3 Å². The Hall–Kier alpha value is -1.33. The molecule has 0 amide bonds. The summed E-state index contributed by atoms with van der Waals surface area (Å²) >= 11 is 0. The number of unbranched alkanes of at least 4 members (excludes halogenated alkanes) is 1. The first-order valence-corrected chi connectivity index (χ1v) is 11.5. The van der Waals surface area contributed by atoms with Crippen LogP contribution < -0.4 is 4.74 Å². The van der Waals surface area contributed by atoms with Gasteiger partial charge in [0.05, 0.1) is 0 Å². The molecule has 0 N–H and O–H groups in total. The fourth-order valence-corrected chi connectivity index (χ4v) is 5.31. The molecule has 170 valence electrons. The topological polar surface area (TPSA) is 9.23 Å². The molecule has 0 bridgehead atoms. The maximum absolute atomic E-state index is 13.8. The Kier molecular flexibility index (Phi) is 8.41. The summed E-state index contributed by atoms with van der Waals surface area (Å²) in [5, 5.41) is 0. The van der Waals surface area contributed by atoms with Gasteiger partial charge in [0.1, 0.15) is 0 Å². The van der Waals surface area contributed by atoms with Gasteiger partial charge < -0.3 is 4.74 Å². The van der Waals surface area contributed by atoms with E-state index in [1.165, 1.54) is 64.2 Å². The molecule has 30 heavy (non-hydrogen) atoms. The Morgan fingerprint density at radius 1 is 0.733 bits per heavy atom. The molecule has 2 fully saturated rings. The largest absolute Gasteiger partial charge is 0.573 e. The second-order valence-corrected chi connectivity index (χ2v) is 9.30. The molecule has 0 atom stereocenters. The molecule has 0 saturated heterocycles. The fraction of sp³-hybridized carbons (Fsp3) is 0.750. The Labute approximate surface area is 176 Å². The molecule has 6 heteroatoms. The van der Waals surface area contributed by atoms with Gasteiger partial charge in [0.25, 0.3) is 0 Å². The fourth-order valence-electron chi connectivity index (χ4n) is 5.31. The molecule has 2 saturated carbocycles. The first-order valence-electron chi connectivity index (χ1n) is 11.5. The number of alkyl halides is 3. The lowest BCUT2D eigenvalue weighted by atomic mass is 9.77. The van der Waals surface area contributed by atoms with E-state index in [9.17, 15) is 22.0 Å². The van der Waals surface area contributed by atoms with E-state index >= 15 is 0 Å². The van der Waals surface area contributed by atoms with Gasteiger partial charge in [-0.1, -0.05) is 77.0 Å². The molecule has 0 spiro atoms. The van der Waals surface area contributed by atoms with Crippen molar-refractivity contribution in [3.05, 3.63) is 29.3 Å². The third-order valence-electron chi connectivity index (χ3n) is 7.03. The van der Waals surface area contributed by atoms with Crippen LogP contribution in [0.3, 0.4) is 0 Å². The Balaban J connectivity index is 1.35. The standard InChI is InChI=1S/C24H33F5O/c25-21-15-20(16-22(26)23(21)30-24(27,28)29)14-13-19-11-9-18(10-12-19)8-4-3-7-17-5-1-2-6-17/h15-19H,1-14H2. The summed E-state index contributed by atoms with van der Waals surface area (Å²) in [6.07, 6.45) is 12.0. The van der Waals surface area contributed by atoms with Crippen molar-refractivity contribution in [1.29, 1.82) is 0 Å². The molecule has 1 nitrogen and oxygen atoms in total. The summed E-state index contributed by atoms with van der Waals surface area (Å²) in [6, 6.07) is 1.92. The highest BCUT2D eigenvalue weighted by Crippen LogP contribution is 2.36. The molecule has 0 aliphatic heterocycles. The van der Waals surface area contributed by atoms with E-state index < -0.39 is 23.7 Å². The van der Waals surface area contributed by atoms with Crippen molar-refractivity contribution in [3.8, 4) is 5.75 Å². The van der Waals surface area contributed by atoms with E-state index in [1.807, 2.05) is 0 Å². The van der Waals surface area contributed by atoms with Crippen LogP contribution in [0.2, 0.25) is 0 Å². The van der Waals surface area contributed by atoms with E-state index in [1.54, 1.807) is 0 Å². The molecule has 0 aromatic heterocycles. The second-order valence-electron chi connectivity index (χ2n) is 9.30. The van der Waals surface area contributed by atoms with Gasteiger partial charge in [-0.25, -0.2) is 8.78 Å². The summed E-state index contributed by atoms with van der Waals surface area (Å²) in [5.74, 6) is -1.67. The van der Waals surface area contributed by atoms with Crippen molar-refractivity contribution < 1.29 is 26.7 Å². The number of rotatable bonds is 9. The van der Waals surface area contributed by atoms with Crippen LogP contribution in [0.1, 0.15) is 89.0 Å². The molecule has 2 aliphatic carbocycles. The smallest absolute Gasteiger partial charge is 0.399 e. The van der Waals surface area contributed by atoms with Crippen molar-refractivity contribution in [1.82, 2.24) is 0 Å². The molecule has 3 rings (SSSR count). The highest BCUT2D eigenvalue weighted by Gasteiger charge is 2.34. The molecule has 0 heterocycles. The van der Waals surface area contributed by atoms with Crippen LogP contribution in [0.15, 0.2) is 12.1 Å². The number of ether oxygens (including phenoxy) is 1. The second kappa shape index (κ2) is 10.8. The van der Waals surface area contributed by atoms with Gasteiger partial charge in [0.15, 0.2) is 11.6 Å². The zero-order chi connectivity index (χ0) is 21.6. The normalized spacial score (nSPS) is 23.1. The lowest BCUT2D eigenvalue weighted by molar-refractivity contribution is -0.276. The first kappa shape index (κ1) is 23.3. The number of hydrogen-bond donors (Lipinski definition) is 0. The van der Waals surface area contributed by atoms with Gasteiger partial charge in [-0.3, -0.25) is 0 Å². The maximum Gasteiger partial charge on any atom is 0.573 e. The van der Waals surface area contributed by atoms with E-state index in [0.717, 1.165) is 43.2 Å². The highest BCUT2D eigenvalue weighted by molar-refractivity contribution is 5.31. The lowest BCUT2D eigenvalue weighted by Crippen LogP contribution is -2.19. The van der Waals surface area contributed by atoms with E-state index in [2.05, 4.69) is 4.74 Å². The molecular formula is C24H33F5O. The van der Waals surface area contributed by atoms with Crippen molar-refractivity contribution >= 4 is 0 Å². The van der Waals surface area contributed by atoms with Crippen LogP contribution in [0, 0.1) is 29.4 Å². The molecule has 0 radical (unpaired) electrons.